The molecular weight excluding hydrogens is 287 g/mol. The van der Waals surface area contributed by atoms with E-state index in [1.807, 2.05) is 0 Å². The maximum Gasteiger partial charge on any atom is 0.354 e. The number of aromatic carboxylic acids is 1. The lowest BCUT2D eigenvalue weighted by molar-refractivity contribution is -0.385. The number of H-pyrrole nitrogens is 1. The van der Waals surface area contributed by atoms with E-state index in [9.17, 15) is 24.1 Å². The molecule has 0 aliphatic heterocycles. The summed E-state index contributed by atoms with van der Waals surface area (Å²) in [5.74, 6) is -3.25. The fraction of sp³-hybridized carbons (Fsp3) is 0. The van der Waals surface area contributed by atoms with Crippen molar-refractivity contribution in [1.29, 1.82) is 0 Å². The van der Waals surface area contributed by atoms with E-state index in [4.69, 9.17) is 5.11 Å². The lowest BCUT2D eigenvalue weighted by atomic mass is 10.2. The average Bonchev–Trinajstić information content (AvgIpc) is 2.87. The summed E-state index contributed by atoms with van der Waals surface area (Å²) in [6, 6.07) is 2.49. The first-order chi connectivity index (χ1) is 9.88. The number of halogens is 1. The van der Waals surface area contributed by atoms with Gasteiger partial charge in [0.2, 0.25) is 0 Å². The second kappa shape index (κ2) is 5.36. The summed E-state index contributed by atoms with van der Waals surface area (Å²) >= 11 is 0. The van der Waals surface area contributed by atoms with Crippen molar-refractivity contribution in [2.24, 2.45) is 0 Å². The van der Waals surface area contributed by atoms with Crippen LogP contribution in [0.2, 0.25) is 0 Å². The number of aromatic amines is 1. The molecule has 1 amide bonds. The van der Waals surface area contributed by atoms with Gasteiger partial charge in [0.05, 0.1) is 23.0 Å². The minimum absolute atomic E-state index is 0.189. The lowest BCUT2D eigenvalue weighted by Crippen LogP contribution is -2.16. The molecule has 0 fully saturated rings. The molecule has 0 aliphatic carbocycles. The van der Waals surface area contributed by atoms with Gasteiger partial charge in [-0.1, -0.05) is 0 Å². The van der Waals surface area contributed by atoms with Crippen molar-refractivity contribution in [1.82, 2.24) is 9.97 Å². The fourth-order valence-corrected chi connectivity index (χ4v) is 1.57. The monoisotopic (exact) mass is 294 g/mol. The number of nitro benzene ring substituents is 1. The molecule has 3 N–H and O–H groups in total. The van der Waals surface area contributed by atoms with Crippen molar-refractivity contribution in [3.63, 3.8) is 0 Å². The Morgan fingerprint density at radius 3 is 2.71 bits per heavy atom. The van der Waals surface area contributed by atoms with Crippen LogP contribution in [0.3, 0.4) is 0 Å². The zero-order chi connectivity index (χ0) is 15.6. The zero-order valence-electron chi connectivity index (χ0n) is 10.2. The molecule has 108 valence electrons. The highest BCUT2D eigenvalue weighted by atomic mass is 19.1. The second-order valence-corrected chi connectivity index (χ2v) is 3.84. The van der Waals surface area contributed by atoms with Crippen LogP contribution in [-0.2, 0) is 0 Å². The molecule has 0 aliphatic rings. The summed E-state index contributed by atoms with van der Waals surface area (Å²) in [5, 5.41) is 21.6. The van der Waals surface area contributed by atoms with Crippen molar-refractivity contribution in [3.8, 4) is 0 Å². The maximum atomic E-state index is 13.2. The van der Waals surface area contributed by atoms with Crippen molar-refractivity contribution in [2.75, 3.05) is 5.32 Å². The normalized spacial score (nSPS) is 10.1. The number of carbonyl (C=O) groups is 2. The third kappa shape index (κ3) is 3.00. The molecule has 0 unspecified atom stereocenters. The Bertz CT molecular complexity index is 742. The van der Waals surface area contributed by atoms with E-state index < -0.39 is 39.7 Å². The predicted octanol–water partition coefficient (Wildman–Crippen LogP) is 1.41. The lowest BCUT2D eigenvalue weighted by Gasteiger charge is -2.04. The average molecular weight is 294 g/mol. The van der Waals surface area contributed by atoms with Crippen LogP contribution in [-0.4, -0.2) is 31.9 Å². The molecule has 10 heteroatoms. The largest absolute Gasteiger partial charge is 0.477 e. The van der Waals surface area contributed by atoms with E-state index in [0.717, 1.165) is 18.5 Å². The van der Waals surface area contributed by atoms with Gasteiger partial charge in [0.15, 0.2) is 11.4 Å². The topological polar surface area (TPSA) is 138 Å². The number of hydrogen-bond acceptors (Lipinski definition) is 5. The number of nitro groups is 1. The quantitative estimate of drug-likeness (QED) is 0.575. The molecule has 0 radical (unpaired) electrons. The number of nitrogens with zero attached hydrogens (tertiary/aromatic N) is 2. The molecule has 0 bridgehead atoms. The molecule has 0 spiro atoms. The number of non-ortho nitro benzene ring substituents is 1. The summed E-state index contributed by atoms with van der Waals surface area (Å²) in [4.78, 5) is 38.2. The number of carboxylic acids is 1. The van der Waals surface area contributed by atoms with Gasteiger partial charge in [0, 0.05) is 6.07 Å². The van der Waals surface area contributed by atoms with Gasteiger partial charge in [0.25, 0.3) is 11.6 Å². The predicted molar refractivity (Wildman–Crippen MR) is 66.6 cm³/mol. The van der Waals surface area contributed by atoms with Crippen LogP contribution < -0.4 is 5.32 Å². The number of rotatable bonds is 4. The molecular formula is C11H7FN4O5. The van der Waals surface area contributed by atoms with Gasteiger partial charge in [-0.05, 0) is 6.07 Å². The van der Waals surface area contributed by atoms with Crippen molar-refractivity contribution in [3.05, 3.63) is 51.8 Å². The second-order valence-electron chi connectivity index (χ2n) is 3.84. The number of carboxylic acid groups (broad SMARTS) is 1. The van der Waals surface area contributed by atoms with Gasteiger partial charge < -0.3 is 15.4 Å². The molecule has 0 saturated carbocycles. The van der Waals surface area contributed by atoms with Crippen LogP contribution in [0, 0.1) is 15.9 Å². The Labute approximate surface area is 115 Å². The Morgan fingerprint density at radius 1 is 1.38 bits per heavy atom. The van der Waals surface area contributed by atoms with Gasteiger partial charge in [-0.15, -0.1) is 0 Å². The highest BCUT2D eigenvalue weighted by molar-refractivity contribution is 6.08. The fourth-order valence-electron chi connectivity index (χ4n) is 1.57. The number of anilines is 1. The number of aromatic nitrogens is 2. The summed E-state index contributed by atoms with van der Waals surface area (Å²) in [5.41, 5.74) is -1.61. The highest BCUT2D eigenvalue weighted by Gasteiger charge is 2.20. The van der Waals surface area contributed by atoms with E-state index in [1.54, 1.807) is 0 Å². The third-order valence-electron chi connectivity index (χ3n) is 2.42. The van der Waals surface area contributed by atoms with Gasteiger partial charge in [-0.3, -0.25) is 14.9 Å². The van der Waals surface area contributed by atoms with E-state index >= 15 is 0 Å². The molecule has 9 nitrogen and oxygen atoms in total. The van der Waals surface area contributed by atoms with Crippen LogP contribution >= 0.6 is 0 Å². The highest BCUT2D eigenvalue weighted by Crippen LogP contribution is 2.20. The minimum Gasteiger partial charge on any atom is -0.477 e. The maximum absolute atomic E-state index is 13.2. The van der Waals surface area contributed by atoms with E-state index in [1.165, 1.54) is 0 Å². The van der Waals surface area contributed by atoms with Crippen molar-refractivity contribution >= 4 is 23.3 Å². The first kappa shape index (κ1) is 14.1. The first-order valence-electron chi connectivity index (χ1n) is 5.41. The van der Waals surface area contributed by atoms with Gasteiger partial charge >= 0.3 is 5.97 Å². The van der Waals surface area contributed by atoms with Crippen LogP contribution in [0.25, 0.3) is 0 Å². The van der Waals surface area contributed by atoms with Crippen LogP contribution in [0.5, 0.6) is 0 Å². The summed E-state index contributed by atoms with van der Waals surface area (Å²) in [6.07, 6.45) is 1.01. The number of amides is 1. The van der Waals surface area contributed by atoms with Crippen LogP contribution in [0.1, 0.15) is 21.0 Å². The van der Waals surface area contributed by atoms with Gasteiger partial charge in [-0.25, -0.2) is 14.2 Å². The van der Waals surface area contributed by atoms with Crippen LogP contribution in [0.15, 0.2) is 24.5 Å². The standard InChI is InChI=1S/C11H7FN4O5/c12-5-1-6(3-7(2-5)16(20)21)15-10(17)8-9(11(18)19)14-4-13-8/h1-4H,(H,13,14)(H,15,17)(H,18,19). The van der Waals surface area contributed by atoms with Crippen molar-refractivity contribution < 1.29 is 24.0 Å². The third-order valence-corrected chi connectivity index (χ3v) is 2.42. The molecule has 0 saturated heterocycles. The Morgan fingerprint density at radius 2 is 2.10 bits per heavy atom. The van der Waals surface area contributed by atoms with Gasteiger partial charge in [0.1, 0.15) is 5.82 Å². The van der Waals surface area contributed by atoms with E-state index in [-0.39, 0.29) is 5.69 Å². The van der Waals surface area contributed by atoms with E-state index in [2.05, 4.69) is 15.3 Å². The molecule has 2 aromatic rings. The number of carbonyl (C=O) groups excluding carboxylic acids is 1. The van der Waals surface area contributed by atoms with Crippen molar-refractivity contribution in [2.45, 2.75) is 0 Å². The number of benzene rings is 1. The number of hydrogen-bond donors (Lipinski definition) is 3. The molecule has 0 atom stereocenters. The Kier molecular flexibility index (Phi) is 3.61. The zero-order valence-corrected chi connectivity index (χ0v) is 10.2. The smallest absolute Gasteiger partial charge is 0.354 e. The summed E-state index contributed by atoms with van der Waals surface area (Å²) < 4.78 is 13.2. The molecule has 1 heterocycles. The SMILES string of the molecule is O=C(Nc1cc(F)cc([N+](=O)[O-])c1)c1nc[nH]c1C(=O)O. The minimum atomic E-state index is -1.40. The molecule has 1 aromatic heterocycles. The first-order valence-corrected chi connectivity index (χ1v) is 5.41. The number of nitrogens with one attached hydrogen (secondary N) is 2. The Hall–Kier alpha value is -3.30. The number of imidazole rings is 1. The van der Waals surface area contributed by atoms with Gasteiger partial charge in [-0.2, -0.15) is 0 Å². The van der Waals surface area contributed by atoms with E-state index in [0.29, 0.717) is 6.07 Å². The Balaban J connectivity index is 2.29. The molecule has 21 heavy (non-hydrogen) atoms. The molecule has 2 rings (SSSR count). The van der Waals surface area contributed by atoms with Crippen LogP contribution in [0.4, 0.5) is 15.8 Å². The summed E-state index contributed by atoms with van der Waals surface area (Å²) in [7, 11) is 0. The summed E-state index contributed by atoms with van der Waals surface area (Å²) in [6.45, 7) is 0. The molecule has 1 aromatic carbocycles.